The topological polar surface area (TPSA) is 64.8 Å². The van der Waals surface area contributed by atoms with Crippen molar-refractivity contribution < 1.29 is 14.3 Å². The van der Waals surface area contributed by atoms with E-state index in [4.69, 9.17) is 15.2 Å². The standard InChI is InChI=1S/C22H28N2O3/c1-14(2)18(12-16-11-17(26-5)8-10-21(16)27-6)22(25)15-7-9-19(23)20(13-15)24(3)4/h7-14H,23H2,1-6H3. The van der Waals surface area contributed by atoms with Gasteiger partial charge in [0.1, 0.15) is 11.5 Å². The maximum Gasteiger partial charge on any atom is 0.189 e. The lowest BCUT2D eigenvalue weighted by Gasteiger charge is -2.18. The summed E-state index contributed by atoms with van der Waals surface area (Å²) in [6, 6.07) is 10.9. The average molecular weight is 368 g/mol. The van der Waals surface area contributed by atoms with E-state index in [-0.39, 0.29) is 11.7 Å². The molecule has 0 saturated heterocycles. The Morgan fingerprint density at radius 1 is 1.07 bits per heavy atom. The van der Waals surface area contributed by atoms with Crippen molar-refractivity contribution in [3.8, 4) is 11.5 Å². The first-order valence-corrected chi connectivity index (χ1v) is 8.83. The molecule has 0 amide bonds. The van der Waals surface area contributed by atoms with Gasteiger partial charge in [0, 0.05) is 30.8 Å². The van der Waals surface area contributed by atoms with E-state index in [9.17, 15) is 4.79 Å². The molecule has 0 saturated carbocycles. The number of methoxy groups -OCH3 is 2. The monoisotopic (exact) mass is 368 g/mol. The molecule has 0 fully saturated rings. The van der Waals surface area contributed by atoms with Crippen molar-refractivity contribution in [2.24, 2.45) is 5.92 Å². The summed E-state index contributed by atoms with van der Waals surface area (Å²) < 4.78 is 10.8. The number of hydrogen-bond donors (Lipinski definition) is 1. The van der Waals surface area contributed by atoms with Gasteiger partial charge in [-0.15, -0.1) is 0 Å². The first-order valence-electron chi connectivity index (χ1n) is 8.83. The number of ketones is 1. The van der Waals surface area contributed by atoms with Crippen LogP contribution in [0.25, 0.3) is 6.08 Å². The summed E-state index contributed by atoms with van der Waals surface area (Å²) in [5.74, 6) is 1.40. The fraction of sp³-hybridized carbons (Fsp3) is 0.318. The highest BCUT2D eigenvalue weighted by atomic mass is 16.5. The van der Waals surface area contributed by atoms with Gasteiger partial charge in [0.05, 0.1) is 25.6 Å². The molecule has 5 heteroatoms. The first-order chi connectivity index (χ1) is 12.8. The van der Waals surface area contributed by atoms with Crippen molar-refractivity contribution in [2.45, 2.75) is 13.8 Å². The lowest BCUT2D eigenvalue weighted by molar-refractivity contribution is 0.102. The van der Waals surface area contributed by atoms with Crippen molar-refractivity contribution in [1.82, 2.24) is 0 Å². The van der Waals surface area contributed by atoms with Crippen molar-refractivity contribution in [3.63, 3.8) is 0 Å². The first kappa shape index (κ1) is 20.4. The summed E-state index contributed by atoms with van der Waals surface area (Å²) in [6.07, 6.45) is 1.88. The van der Waals surface area contributed by atoms with Crippen LogP contribution in [0.1, 0.15) is 29.8 Å². The molecule has 0 unspecified atom stereocenters. The number of hydrogen-bond acceptors (Lipinski definition) is 5. The number of benzene rings is 2. The molecule has 27 heavy (non-hydrogen) atoms. The highest BCUT2D eigenvalue weighted by Crippen LogP contribution is 2.30. The van der Waals surface area contributed by atoms with Gasteiger partial charge in [-0.05, 0) is 48.4 Å². The SMILES string of the molecule is COc1ccc(OC)c(C=C(C(=O)c2ccc(N)c(N(C)C)c2)C(C)C)c1. The van der Waals surface area contributed by atoms with E-state index in [0.29, 0.717) is 28.3 Å². The van der Waals surface area contributed by atoms with Gasteiger partial charge in [0.2, 0.25) is 0 Å². The molecule has 0 aliphatic carbocycles. The van der Waals surface area contributed by atoms with Gasteiger partial charge >= 0.3 is 0 Å². The number of anilines is 2. The van der Waals surface area contributed by atoms with Crippen molar-refractivity contribution >= 4 is 23.2 Å². The van der Waals surface area contributed by atoms with Gasteiger partial charge in [0.25, 0.3) is 0 Å². The number of nitrogen functional groups attached to an aromatic ring is 1. The summed E-state index contributed by atoms with van der Waals surface area (Å²) in [4.78, 5) is 15.1. The number of allylic oxidation sites excluding steroid dienone is 1. The second kappa shape index (κ2) is 8.62. The highest BCUT2D eigenvalue weighted by molar-refractivity contribution is 6.12. The van der Waals surface area contributed by atoms with Gasteiger partial charge in [-0.25, -0.2) is 0 Å². The lowest BCUT2D eigenvalue weighted by atomic mass is 9.92. The smallest absolute Gasteiger partial charge is 0.189 e. The van der Waals surface area contributed by atoms with E-state index in [1.807, 2.05) is 63.2 Å². The Bertz CT molecular complexity index is 855. The predicted molar refractivity (Wildman–Crippen MR) is 112 cm³/mol. The normalized spacial score (nSPS) is 11.4. The van der Waals surface area contributed by atoms with Crippen molar-refractivity contribution in [1.29, 1.82) is 0 Å². The van der Waals surface area contributed by atoms with E-state index in [2.05, 4.69) is 0 Å². The van der Waals surface area contributed by atoms with E-state index >= 15 is 0 Å². The van der Waals surface area contributed by atoms with E-state index < -0.39 is 0 Å². The number of carbonyl (C=O) groups is 1. The molecule has 0 aromatic heterocycles. The van der Waals surface area contributed by atoms with Gasteiger partial charge in [-0.1, -0.05) is 13.8 Å². The summed E-state index contributed by atoms with van der Waals surface area (Å²) in [7, 11) is 7.03. The molecular formula is C22H28N2O3. The summed E-state index contributed by atoms with van der Waals surface area (Å²) in [6.45, 7) is 4.00. The fourth-order valence-electron chi connectivity index (χ4n) is 2.85. The van der Waals surface area contributed by atoms with Crippen LogP contribution in [0.5, 0.6) is 11.5 Å². The van der Waals surface area contributed by atoms with E-state index in [0.717, 1.165) is 11.3 Å². The zero-order valence-electron chi connectivity index (χ0n) is 16.9. The minimum absolute atomic E-state index is 0.0297. The molecular weight excluding hydrogens is 340 g/mol. The third kappa shape index (κ3) is 4.61. The van der Waals surface area contributed by atoms with Crippen LogP contribution in [0.15, 0.2) is 42.0 Å². The zero-order valence-corrected chi connectivity index (χ0v) is 16.9. The molecule has 0 bridgehead atoms. The van der Waals surface area contributed by atoms with Crippen molar-refractivity contribution in [3.05, 3.63) is 53.1 Å². The number of rotatable bonds is 7. The zero-order chi connectivity index (χ0) is 20.1. The molecule has 5 nitrogen and oxygen atoms in total. The summed E-state index contributed by atoms with van der Waals surface area (Å²) in [5, 5.41) is 0. The Balaban J connectivity index is 2.54. The number of nitrogens with two attached hydrogens (primary N) is 1. The molecule has 0 spiro atoms. The fourth-order valence-corrected chi connectivity index (χ4v) is 2.85. The second-order valence-corrected chi connectivity index (χ2v) is 6.86. The van der Waals surface area contributed by atoms with Gasteiger partial charge in [0.15, 0.2) is 5.78 Å². The Labute approximate surface area is 161 Å². The predicted octanol–water partition coefficient (Wildman–Crippen LogP) is 4.27. The van der Waals surface area contributed by atoms with Crippen LogP contribution >= 0.6 is 0 Å². The van der Waals surface area contributed by atoms with Crippen LogP contribution in [0, 0.1) is 5.92 Å². The largest absolute Gasteiger partial charge is 0.497 e. The second-order valence-electron chi connectivity index (χ2n) is 6.86. The van der Waals surface area contributed by atoms with Gasteiger partial charge in [-0.2, -0.15) is 0 Å². The maximum atomic E-state index is 13.2. The Morgan fingerprint density at radius 3 is 2.33 bits per heavy atom. The quantitative estimate of drug-likeness (QED) is 0.449. The van der Waals surface area contributed by atoms with E-state index in [1.54, 1.807) is 26.4 Å². The Hall–Kier alpha value is -2.95. The van der Waals surface area contributed by atoms with Crippen molar-refractivity contribution in [2.75, 3.05) is 38.9 Å². The van der Waals surface area contributed by atoms with Gasteiger partial charge < -0.3 is 20.1 Å². The third-order valence-electron chi connectivity index (χ3n) is 4.41. The lowest BCUT2D eigenvalue weighted by Crippen LogP contribution is -2.14. The van der Waals surface area contributed by atoms with E-state index in [1.165, 1.54) is 0 Å². The Morgan fingerprint density at radius 2 is 1.78 bits per heavy atom. The summed E-state index contributed by atoms with van der Waals surface area (Å²) in [5.41, 5.74) is 9.58. The highest BCUT2D eigenvalue weighted by Gasteiger charge is 2.18. The minimum atomic E-state index is -0.0297. The van der Waals surface area contributed by atoms with Gasteiger partial charge in [-0.3, -0.25) is 4.79 Å². The Kier molecular flexibility index (Phi) is 6.50. The van der Waals surface area contributed by atoms with Crippen LogP contribution in [0.3, 0.4) is 0 Å². The van der Waals surface area contributed by atoms with Crippen LogP contribution in [0.2, 0.25) is 0 Å². The molecule has 144 valence electrons. The third-order valence-corrected chi connectivity index (χ3v) is 4.41. The van der Waals surface area contributed by atoms with Crippen LogP contribution in [-0.2, 0) is 0 Å². The number of Topliss-reactive ketones (excluding diaryl/α,β-unsaturated/α-hetero) is 1. The maximum absolute atomic E-state index is 13.2. The molecule has 0 aliphatic rings. The molecule has 2 N–H and O–H groups in total. The number of ether oxygens (including phenoxy) is 2. The minimum Gasteiger partial charge on any atom is -0.497 e. The molecule has 0 aliphatic heterocycles. The summed E-state index contributed by atoms with van der Waals surface area (Å²) >= 11 is 0. The molecule has 0 heterocycles. The molecule has 2 aromatic rings. The average Bonchev–Trinajstić information content (AvgIpc) is 2.65. The number of carbonyl (C=O) groups excluding carboxylic acids is 1. The molecule has 0 atom stereocenters. The molecule has 2 aromatic carbocycles. The van der Waals surface area contributed by atoms with Crippen LogP contribution in [-0.4, -0.2) is 34.1 Å². The molecule has 0 radical (unpaired) electrons. The van der Waals surface area contributed by atoms with Crippen LogP contribution < -0.4 is 20.1 Å². The van der Waals surface area contributed by atoms with Crippen LogP contribution in [0.4, 0.5) is 11.4 Å². The number of nitrogens with zero attached hydrogens (tertiary/aromatic N) is 1. The molecule has 2 rings (SSSR count).